The summed E-state index contributed by atoms with van der Waals surface area (Å²) in [5, 5.41) is 3.30. The fourth-order valence-corrected chi connectivity index (χ4v) is 2.20. The summed E-state index contributed by atoms with van der Waals surface area (Å²) in [5.74, 6) is -0.184. The van der Waals surface area contributed by atoms with Gasteiger partial charge in [0.05, 0.1) is 0 Å². The first-order valence-corrected chi connectivity index (χ1v) is 6.30. The third kappa shape index (κ3) is 3.03. The highest BCUT2D eigenvalue weighted by Crippen LogP contribution is 2.38. The number of halogens is 2. The summed E-state index contributed by atoms with van der Waals surface area (Å²) >= 11 is 0. The summed E-state index contributed by atoms with van der Waals surface area (Å²) in [7, 11) is 0. The van der Waals surface area contributed by atoms with Crippen molar-refractivity contribution >= 4 is 0 Å². The van der Waals surface area contributed by atoms with Crippen LogP contribution < -0.4 is 5.32 Å². The van der Waals surface area contributed by atoms with Gasteiger partial charge in [0.15, 0.2) is 0 Å². The molecule has 2 rings (SSSR count). The first kappa shape index (κ1) is 12.5. The Morgan fingerprint density at radius 2 is 2.00 bits per heavy atom. The van der Waals surface area contributed by atoms with Gasteiger partial charge in [-0.05, 0) is 37.4 Å². The summed E-state index contributed by atoms with van der Waals surface area (Å²) in [6.07, 6.45) is 3.43. The Morgan fingerprint density at radius 3 is 2.59 bits per heavy atom. The zero-order chi connectivity index (χ0) is 12.4. The second kappa shape index (κ2) is 5.13. The van der Waals surface area contributed by atoms with Crippen molar-refractivity contribution in [3.05, 3.63) is 34.9 Å². The minimum atomic E-state index is -0.465. The van der Waals surface area contributed by atoms with Crippen molar-refractivity contribution in [1.29, 1.82) is 0 Å². The van der Waals surface area contributed by atoms with E-state index in [2.05, 4.69) is 5.32 Å². The Bertz CT molecular complexity index is 399. The van der Waals surface area contributed by atoms with E-state index in [1.54, 1.807) is 13.0 Å². The molecular formula is C14H19F2N. The van der Waals surface area contributed by atoms with Gasteiger partial charge in [0.1, 0.15) is 11.6 Å². The molecule has 1 nitrogen and oxygen atoms in total. The smallest absolute Gasteiger partial charge is 0.130 e. The van der Waals surface area contributed by atoms with Crippen molar-refractivity contribution in [3.63, 3.8) is 0 Å². The summed E-state index contributed by atoms with van der Waals surface area (Å²) in [6.45, 7) is 4.49. The number of hydrogen-bond acceptors (Lipinski definition) is 1. The molecule has 17 heavy (non-hydrogen) atoms. The van der Waals surface area contributed by atoms with Crippen molar-refractivity contribution in [2.24, 2.45) is 5.92 Å². The molecule has 0 aliphatic heterocycles. The maximum absolute atomic E-state index is 13.8. The third-order valence-corrected chi connectivity index (χ3v) is 3.37. The lowest BCUT2D eigenvalue weighted by Crippen LogP contribution is -2.22. The van der Waals surface area contributed by atoms with Crippen LogP contribution in [0.25, 0.3) is 0 Å². The zero-order valence-corrected chi connectivity index (χ0v) is 10.4. The molecule has 1 aromatic carbocycles. The van der Waals surface area contributed by atoms with Gasteiger partial charge in [-0.1, -0.05) is 19.8 Å². The van der Waals surface area contributed by atoms with E-state index < -0.39 is 11.6 Å². The average molecular weight is 239 g/mol. The van der Waals surface area contributed by atoms with Crippen LogP contribution in [0.4, 0.5) is 8.78 Å². The van der Waals surface area contributed by atoms with E-state index in [4.69, 9.17) is 0 Å². The molecule has 0 heterocycles. The van der Waals surface area contributed by atoms with Crippen LogP contribution in [0.5, 0.6) is 0 Å². The molecule has 0 aromatic heterocycles. The fourth-order valence-electron chi connectivity index (χ4n) is 2.20. The van der Waals surface area contributed by atoms with Crippen LogP contribution >= 0.6 is 0 Å². The summed E-state index contributed by atoms with van der Waals surface area (Å²) in [6, 6.07) is 2.66. The second-order valence-electron chi connectivity index (χ2n) is 4.91. The van der Waals surface area contributed by atoms with Gasteiger partial charge in [-0.2, -0.15) is 0 Å². The number of benzene rings is 1. The van der Waals surface area contributed by atoms with Crippen LogP contribution in [-0.2, 0) is 0 Å². The normalized spacial score (nSPS) is 17.2. The van der Waals surface area contributed by atoms with E-state index in [1.807, 2.05) is 6.92 Å². The predicted molar refractivity (Wildman–Crippen MR) is 64.9 cm³/mol. The van der Waals surface area contributed by atoms with E-state index in [0.29, 0.717) is 17.0 Å². The molecular weight excluding hydrogens is 220 g/mol. The molecule has 1 saturated carbocycles. The molecule has 0 saturated heterocycles. The van der Waals surface area contributed by atoms with E-state index >= 15 is 0 Å². The lowest BCUT2D eigenvalue weighted by Gasteiger charge is -2.19. The molecule has 0 bridgehead atoms. The zero-order valence-electron chi connectivity index (χ0n) is 10.4. The van der Waals surface area contributed by atoms with E-state index in [0.717, 1.165) is 19.0 Å². The molecule has 1 aromatic rings. The average Bonchev–Trinajstić information content (AvgIpc) is 3.07. The maximum Gasteiger partial charge on any atom is 0.130 e. The number of hydrogen-bond donors (Lipinski definition) is 1. The minimum Gasteiger partial charge on any atom is -0.310 e. The summed E-state index contributed by atoms with van der Waals surface area (Å²) in [4.78, 5) is 0. The van der Waals surface area contributed by atoms with Crippen LogP contribution in [0, 0.1) is 24.5 Å². The largest absolute Gasteiger partial charge is 0.310 e. The third-order valence-electron chi connectivity index (χ3n) is 3.37. The monoisotopic (exact) mass is 239 g/mol. The van der Waals surface area contributed by atoms with E-state index in [-0.39, 0.29) is 6.04 Å². The number of nitrogens with one attached hydrogen (secondary N) is 1. The van der Waals surface area contributed by atoms with Crippen LogP contribution in [0.3, 0.4) is 0 Å². The van der Waals surface area contributed by atoms with E-state index in [1.165, 1.54) is 12.8 Å². The van der Waals surface area contributed by atoms with Crippen LogP contribution in [0.15, 0.2) is 12.1 Å². The Balaban J connectivity index is 2.23. The van der Waals surface area contributed by atoms with Gasteiger partial charge in [-0.3, -0.25) is 0 Å². The molecule has 1 aliphatic rings. The van der Waals surface area contributed by atoms with Gasteiger partial charge >= 0.3 is 0 Å². The van der Waals surface area contributed by atoms with Crippen LogP contribution in [0.2, 0.25) is 0 Å². The molecule has 3 heteroatoms. The van der Waals surface area contributed by atoms with Crippen molar-refractivity contribution in [2.45, 2.75) is 39.2 Å². The van der Waals surface area contributed by atoms with Crippen molar-refractivity contribution in [3.8, 4) is 0 Å². The lowest BCUT2D eigenvalue weighted by atomic mass is 9.98. The first-order valence-electron chi connectivity index (χ1n) is 6.30. The highest BCUT2D eigenvalue weighted by molar-refractivity contribution is 5.28. The van der Waals surface area contributed by atoms with Gasteiger partial charge < -0.3 is 5.32 Å². The highest BCUT2D eigenvalue weighted by atomic mass is 19.1. The van der Waals surface area contributed by atoms with Crippen molar-refractivity contribution in [1.82, 2.24) is 5.32 Å². The Morgan fingerprint density at radius 1 is 1.29 bits per heavy atom. The van der Waals surface area contributed by atoms with Gasteiger partial charge in [0.25, 0.3) is 0 Å². The second-order valence-corrected chi connectivity index (χ2v) is 4.91. The first-order chi connectivity index (χ1) is 8.11. The molecule has 1 atom stereocenters. The Labute approximate surface area is 101 Å². The van der Waals surface area contributed by atoms with Gasteiger partial charge in [0, 0.05) is 17.7 Å². The summed E-state index contributed by atoms with van der Waals surface area (Å²) in [5.41, 5.74) is 1.12. The molecule has 1 aliphatic carbocycles. The highest BCUT2D eigenvalue weighted by Gasteiger charge is 2.27. The summed E-state index contributed by atoms with van der Waals surface area (Å²) < 4.78 is 27.0. The van der Waals surface area contributed by atoms with Crippen molar-refractivity contribution in [2.75, 3.05) is 6.54 Å². The molecule has 1 unspecified atom stereocenters. The Kier molecular flexibility index (Phi) is 3.77. The van der Waals surface area contributed by atoms with Crippen LogP contribution in [-0.4, -0.2) is 6.54 Å². The molecule has 1 N–H and O–H groups in total. The molecule has 0 spiro atoms. The van der Waals surface area contributed by atoms with E-state index in [9.17, 15) is 8.78 Å². The van der Waals surface area contributed by atoms with Gasteiger partial charge in [-0.15, -0.1) is 0 Å². The van der Waals surface area contributed by atoms with Crippen molar-refractivity contribution < 1.29 is 8.78 Å². The minimum absolute atomic E-state index is 0.0202. The van der Waals surface area contributed by atoms with Gasteiger partial charge in [0.2, 0.25) is 0 Å². The SMILES string of the molecule is CCNC(CC1CC1)c1cc(C)c(F)cc1F. The Hall–Kier alpha value is -0.960. The lowest BCUT2D eigenvalue weighted by molar-refractivity contribution is 0.459. The molecule has 1 fully saturated rings. The molecule has 94 valence electrons. The number of aryl methyl sites for hydroxylation is 1. The van der Waals surface area contributed by atoms with Gasteiger partial charge in [-0.25, -0.2) is 8.78 Å². The fraction of sp³-hybridized carbons (Fsp3) is 0.571. The van der Waals surface area contributed by atoms with Crippen LogP contribution in [0.1, 0.15) is 43.4 Å². The predicted octanol–water partition coefficient (Wildman–Crippen LogP) is 3.72. The molecule has 0 radical (unpaired) electrons. The maximum atomic E-state index is 13.8. The quantitative estimate of drug-likeness (QED) is 0.825. The topological polar surface area (TPSA) is 12.0 Å². The number of rotatable bonds is 5. The molecule has 0 amide bonds. The standard InChI is InChI=1S/C14H19F2N/c1-3-17-14(7-10-4-5-10)11-6-9(2)12(15)8-13(11)16/h6,8,10,14,17H,3-5,7H2,1-2H3.